The van der Waals surface area contributed by atoms with Crippen molar-refractivity contribution in [3.05, 3.63) is 47.4 Å². The van der Waals surface area contributed by atoms with Crippen LogP contribution in [0.4, 0.5) is 16.2 Å². The molecule has 0 saturated carbocycles. The Morgan fingerprint density at radius 2 is 1.97 bits per heavy atom. The lowest BCUT2D eigenvalue weighted by Gasteiger charge is -2.27. The van der Waals surface area contributed by atoms with Gasteiger partial charge in [0.1, 0.15) is 17.2 Å². The van der Waals surface area contributed by atoms with Crippen molar-refractivity contribution in [3.63, 3.8) is 0 Å². The van der Waals surface area contributed by atoms with Crippen LogP contribution >= 0.6 is 0 Å². The standard InChI is InChI=1S/C21H24FN7O/c22-15-4-2-13(3-5-15)17-14(11-25-28-17)12-29-8-1-6-21(7-9-29)10-16-18(23)26-20(24)27-19(16)30-21/h2-5,11H,1,6-10,12H2,(H,25,28)(H4,23,24,26,27). The molecule has 5 rings (SSSR count). The van der Waals surface area contributed by atoms with Crippen LogP contribution < -0.4 is 16.2 Å². The lowest BCUT2D eigenvalue weighted by atomic mass is 9.90. The number of likely N-dealkylation sites (tertiary alicyclic amines) is 1. The molecular weight excluding hydrogens is 385 g/mol. The zero-order valence-electron chi connectivity index (χ0n) is 16.6. The highest BCUT2D eigenvalue weighted by atomic mass is 19.1. The third-order valence-corrected chi connectivity index (χ3v) is 6.07. The van der Waals surface area contributed by atoms with Crippen molar-refractivity contribution < 1.29 is 9.13 Å². The van der Waals surface area contributed by atoms with E-state index in [1.165, 1.54) is 12.1 Å². The summed E-state index contributed by atoms with van der Waals surface area (Å²) in [5.41, 5.74) is 15.3. The normalized spacial score (nSPS) is 21.4. The van der Waals surface area contributed by atoms with Gasteiger partial charge >= 0.3 is 0 Å². The lowest BCUT2D eigenvalue weighted by molar-refractivity contribution is 0.0728. The summed E-state index contributed by atoms with van der Waals surface area (Å²) < 4.78 is 19.5. The molecule has 1 unspecified atom stereocenters. The summed E-state index contributed by atoms with van der Waals surface area (Å²) in [5, 5.41) is 7.27. The Kier molecular flexibility index (Phi) is 4.54. The predicted octanol–water partition coefficient (Wildman–Crippen LogP) is 2.53. The number of benzene rings is 1. The zero-order valence-corrected chi connectivity index (χ0v) is 16.6. The average molecular weight is 409 g/mol. The van der Waals surface area contributed by atoms with Crippen molar-refractivity contribution in [1.29, 1.82) is 0 Å². The number of hydrogen-bond acceptors (Lipinski definition) is 7. The van der Waals surface area contributed by atoms with E-state index in [2.05, 4.69) is 25.1 Å². The maximum absolute atomic E-state index is 13.3. The fraction of sp³-hybridized carbons (Fsp3) is 0.381. The van der Waals surface area contributed by atoms with Crippen LogP contribution in [0, 0.1) is 5.82 Å². The van der Waals surface area contributed by atoms with Gasteiger partial charge < -0.3 is 16.2 Å². The van der Waals surface area contributed by atoms with Crippen LogP contribution in [0.2, 0.25) is 0 Å². The largest absolute Gasteiger partial charge is 0.470 e. The Morgan fingerprint density at radius 1 is 1.13 bits per heavy atom. The molecule has 2 aliphatic rings. The summed E-state index contributed by atoms with van der Waals surface area (Å²) >= 11 is 0. The van der Waals surface area contributed by atoms with Crippen molar-refractivity contribution in [2.45, 2.75) is 37.8 Å². The number of aromatic amines is 1. The fourth-order valence-corrected chi connectivity index (χ4v) is 4.51. The Morgan fingerprint density at radius 3 is 2.80 bits per heavy atom. The summed E-state index contributed by atoms with van der Waals surface area (Å²) in [7, 11) is 0. The summed E-state index contributed by atoms with van der Waals surface area (Å²) in [6.45, 7) is 2.60. The molecule has 9 heteroatoms. The van der Waals surface area contributed by atoms with Crippen LogP contribution in [-0.2, 0) is 13.0 Å². The van der Waals surface area contributed by atoms with Gasteiger partial charge in [-0.15, -0.1) is 0 Å². The van der Waals surface area contributed by atoms with Gasteiger partial charge in [0.05, 0.1) is 17.5 Å². The first-order valence-corrected chi connectivity index (χ1v) is 10.1. The third kappa shape index (κ3) is 3.45. The maximum Gasteiger partial charge on any atom is 0.225 e. The highest BCUT2D eigenvalue weighted by Crippen LogP contribution is 2.42. The molecule has 8 nitrogen and oxygen atoms in total. The third-order valence-electron chi connectivity index (χ3n) is 6.07. The molecule has 1 atom stereocenters. The maximum atomic E-state index is 13.3. The van der Waals surface area contributed by atoms with E-state index in [1.807, 2.05) is 6.20 Å². The Balaban J connectivity index is 1.29. The van der Waals surface area contributed by atoms with Gasteiger partial charge in [-0.3, -0.25) is 10.00 Å². The molecule has 0 radical (unpaired) electrons. The molecular formula is C21H24FN7O. The number of nitrogens with two attached hydrogens (primary N) is 2. The van der Waals surface area contributed by atoms with Crippen LogP contribution in [0.1, 0.15) is 30.4 Å². The number of aromatic nitrogens is 4. The molecule has 156 valence electrons. The molecule has 0 amide bonds. The van der Waals surface area contributed by atoms with Gasteiger partial charge in [-0.05, 0) is 43.7 Å². The first-order chi connectivity index (χ1) is 14.5. The van der Waals surface area contributed by atoms with Gasteiger partial charge in [0, 0.05) is 37.1 Å². The van der Waals surface area contributed by atoms with Crippen LogP contribution in [-0.4, -0.2) is 43.8 Å². The van der Waals surface area contributed by atoms with E-state index < -0.39 is 0 Å². The van der Waals surface area contributed by atoms with E-state index >= 15 is 0 Å². The average Bonchev–Trinajstić information content (AvgIpc) is 3.26. The van der Waals surface area contributed by atoms with Gasteiger partial charge in [0.15, 0.2) is 0 Å². The summed E-state index contributed by atoms with van der Waals surface area (Å²) in [6.07, 6.45) is 5.36. The highest BCUT2D eigenvalue weighted by molar-refractivity contribution is 5.62. The second-order valence-corrected chi connectivity index (χ2v) is 8.12. The number of anilines is 2. The second-order valence-electron chi connectivity index (χ2n) is 8.12. The molecule has 0 aliphatic carbocycles. The quantitative estimate of drug-likeness (QED) is 0.608. The lowest BCUT2D eigenvalue weighted by Crippen LogP contribution is -2.36. The number of fused-ring (bicyclic) bond motifs is 1. The minimum atomic E-state index is -0.302. The molecule has 4 heterocycles. The minimum absolute atomic E-state index is 0.145. The van der Waals surface area contributed by atoms with Gasteiger partial charge in [-0.2, -0.15) is 15.1 Å². The van der Waals surface area contributed by atoms with Crippen molar-refractivity contribution in [2.75, 3.05) is 24.6 Å². The molecule has 1 aromatic carbocycles. The SMILES string of the molecule is Nc1nc(N)c2c(n1)OC1(CCCN(Cc3cn[nH]c3-c3ccc(F)cc3)CC1)C2. The summed E-state index contributed by atoms with van der Waals surface area (Å²) in [4.78, 5) is 10.7. The van der Waals surface area contributed by atoms with Crippen molar-refractivity contribution >= 4 is 11.8 Å². The monoisotopic (exact) mass is 409 g/mol. The molecule has 2 aromatic heterocycles. The van der Waals surface area contributed by atoms with Crippen LogP contribution in [0.25, 0.3) is 11.3 Å². The van der Waals surface area contributed by atoms with Crippen LogP contribution in [0.15, 0.2) is 30.5 Å². The molecule has 30 heavy (non-hydrogen) atoms. The molecule has 1 spiro atoms. The first-order valence-electron chi connectivity index (χ1n) is 10.1. The predicted molar refractivity (Wildman–Crippen MR) is 111 cm³/mol. The number of nitrogens with zero attached hydrogens (tertiary/aromatic N) is 4. The van der Waals surface area contributed by atoms with E-state index in [-0.39, 0.29) is 17.4 Å². The van der Waals surface area contributed by atoms with E-state index in [4.69, 9.17) is 16.2 Å². The smallest absolute Gasteiger partial charge is 0.225 e. The zero-order chi connectivity index (χ0) is 20.7. The van der Waals surface area contributed by atoms with Crippen molar-refractivity contribution in [3.8, 4) is 17.1 Å². The number of nitrogen functional groups attached to an aromatic ring is 2. The van der Waals surface area contributed by atoms with Crippen molar-refractivity contribution in [2.24, 2.45) is 0 Å². The number of ether oxygens (including phenoxy) is 1. The molecule has 0 bridgehead atoms. The number of halogens is 1. The van der Waals surface area contributed by atoms with Gasteiger partial charge in [0.2, 0.25) is 11.8 Å². The second kappa shape index (κ2) is 7.24. The summed E-state index contributed by atoms with van der Waals surface area (Å²) in [6, 6.07) is 6.47. The Hall–Kier alpha value is -3.20. The van der Waals surface area contributed by atoms with E-state index in [9.17, 15) is 4.39 Å². The highest BCUT2D eigenvalue weighted by Gasteiger charge is 2.42. The summed E-state index contributed by atoms with van der Waals surface area (Å²) in [5.74, 6) is 0.841. The molecule has 3 aromatic rings. The topological polar surface area (TPSA) is 119 Å². The molecule has 1 fully saturated rings. The van der Waals surface area contributed by atoms with Crippen LogP contribution in [0.5, 0.6) is 5.88 Å². The number of H-pyrrole nitrogens is 1. The number of nitrogens with one attached hydrogen (secondary N) is 1. The number of hydrogen-bond donors (Lipinski definition) is 3. The number of rotatable bonds is 3. The van der Waals surface area contributed by atoms with E-state index in [1.54, 1.807) is 12.1 Å². The minimum Gasteiger partial charge on any atom is -0.470 e. The molecule has 2 aliphatic heterocycles. The van der Waals surface area contributed by atoms with Gasteiger partial charge in [-0.25, -0.2) is 4.39 Å². The van der Waals surface area contributed by atoms with E-state index in [0.717, 1.165) is 67.7 Å². The molecule has 1 saturated heterocycles. The molecule has 5 N–H and O–H groups in total. The van der Waals surface area contributed by atoms with Crippen LogP contribution in [0.3, 0.4) is 0 Å². The van der Waals surface area contributed by atoms with E-state index in [0.29, 0.717) is 11.7 Å². The first kappa shape index (κ1) is 18.8. The van der Waals surface area contributed by atoms with Crippen molar-refractivity contribution in [1.82, 2.24) is 25.1 Å². The Labute approximate surface area is 173 Å². The fourth-order valence-electron chi connectivity index (χ4n) is 4.51. The Bertz CT molecular complexity index is 1070. The van der Waals surface area contributed by atoms with Gasteiger partial charge in [0.25, 0.3) is 0 Å². The van der Waals surface area contributed by atoms with Gasteiger partial charge in [-0.1, -0.05) is 0 Å².